The summed E-state index contributed by atoms with van der Waals surface area (Å²) < 4.78 is 0.109. The predicted octanol–water partition coefficient (Wildman–Crippen LogP) is -1.61. The van der Waals surface area contributed by atoms with Crippen molar-refractivity contribution in [2.45, 2.75) is 4.71 Å². The molecule has 0 aromatic rings. The van der Waals surface area contributed by atoms with Crippen molar-refractivity contribution in [3.63, 3.8) is 0 Å². The summed E-state index contributed by atoms with van der Waals surface area (Å²) in [4.78, 5) is 0. The maximum atomic E-state index is 8.19. The Morgan fingerprint density at radius 3 is 1.67 bits per heavy atom. The summed E-state index contributed by atoms with van der Waals surface area (Å²) in [5.41, 5.74) is 0. The van der Waals surface area contributed by atoms with Crippen LogP contribution in [0.15, 0.2) is 0 Å². The molecule has 1 atom stereocenters. The Morgan fingerprint density at radius 1 is 1.33 bits per heavy atom. The van der Waals surface area contributed by atoms with Crippen molar-refractivity contribution in [1.82, 2.24) is 0 Å². The fourth-order valence-corrected chi connectivity index (χ4v) is 0.0577. The molecule has 0 spiro atoms. The third-order valence-corrected chi connectivity index (χ3v) is 1.35. The number of hydrogen-bond acceptors (Lipinski definition) is 2. The van der Waals surface area contributed by atoms with Crippen molar-refractivity contribution in [3.05, 3.63) is 0 Å². The Labute approximate surface area is 45.7 Å². The average molecular weight is 152 g/mol. The molecule has 0 aliphatic rings. The Bertz CT molecular complexity index is 28.0. The zero-order valence-corrected chi connectivity index (χ0v) is 5.89. The molecule has 0 radical (unpaired) electrons. The third-order valence-electron chi connectivity index (χ3n) is 0.469. The molecule has 6 heavy (non-hydrogen) atoms. The second-order valence-corrected chi connectivity index (χ2v) is 3.10. The van der Waals surface area contributed by atoms with Crippen LogP contribution in [0, 0.1) is 0 Å². The van der Waals surface area contributed by atoms with E-state index in [1.54, 1.807) is 0 Å². The van der Waals surface area contributed by atoms with Gasteiger partial charge in [-0.1, -0.05) is 0 Å². The minimum absolute atomic E-state index is 0.108. The summed E-state index contributed by atoms with van der Waals surface area (Å²) >= 11 is 1.38. The summed E-state index contributed by atoms with van der Waals surface area (Å²) in [7, 11) is 0. The van der Waals surface area contributed by atoms with Crippen LogP contribution in [-0.4, -0.2) is 40.3 Å². The van der Waals surface area contributed by atoms with E-state index in [-0.39, 0.29) is 17.9 Å². The fraction of sp³-hybridized carbons (Fsp3) is 1.00. The molecule has 0 aromatic carbocycles. The summed E-state index contributed by atoms with van der Waals surface area (Å²) in [5.74, 6) is 0. The van der Waals surface area contributed by atoms with Gasteiger partial charge in [-0.3, -0.25) is 0 Å². The number of aliphatic hydroxyl groups is 2. The number of aliphatic hydroxyl groups excluding tert-OH is 2. The Morgan fingerprint density at radius 2 is 1.67 bits per heavy atom. The first-order valence-corrected chi connectivity index (χ1v) is 3.18. The van der Waals surface area contributed by atoms with Crippen molar-refractivity contribution < 1.29 is 10.2 Å². The molecule has 0 bridgehead atoms. The first kappa shape index (κ1) is 6.48. The van der Waals surface area contributed by atoms with Crippen LogP contribution in [0.4, 0.5) is 0 Å². The molecule has 0 fully saturated rings. The van der Waals surface area contributed by atoms with Crippen LogP contribution in [0.5, 0.6) is 0 Å². The van der Waals surface area contributed by atoms with Gasteiger partial charge in [0.15, 0.2) is 0 Å². The van der Waals surface area contributed by atoms with E-state index >= 15 is 0 Å². The van der Waals surface area contributed by atoms with Crippen molar-refractivity contribution in [2.75, 3.05) is 13.2 Å². The van der Waals surface area contributed by atoms with E-state index in [2.05, 4.69) is 0 Å². The summed E-state index contributed by atoms with van der Waals surface area (Å²) in [6.45, 7) is 0.215. The van der Waals surface area contributed by atoms with Gasteiger partial charge in [-0.15, -0.1) is 0 Å². The molecule has 0 amide bonds. The Balaban J connectivity index is 2.75. The topological polar surface area (TPSA) is 40.5 Å². The quantitative estimate of drug-likeness (QED) is 0.467. The van der Waals surface area contributed by atoms with Gasteiger partial charge >= 0.3 is 45.0 Å². The van der Waals surface area contributed by atoms with Crippen molar-refractivity contribution in [2.24, 2.45) is 0 Å². The summed E-state index contributed by atoms with van der Waals surface area (Å²) in [6.07, 6.45) is 0. The SMILES string of the molecule is OCC([AsH2])CO. The molecular weight excluding hydrogens is 143 g/mol. The second kappa shape index (κ2) is 3.66. The van der Waals surface area contributed by atoms with Crippen LogP contribution in [0.2, 0.25) is 4.71 Å². The van der Waals surface area contributed by atoms with E-state index in [0.29, 0.717) is 0 Å². The number of hydrogen-bond donors (Lipinski definition) is 2. The zero-order chi connectivity index (χ0) is 4.99. The monoisotopic (exact) mass is 152 g/mol. The van der Waals surface area contributed by atoms with Crippen molar-refractivity contribution in [3.8, 4) is 0 Å². The van der Waals surface area contributed by atoms with Crippen LogP contribution >= 0.6 is 0 Å². The molecule has 2 N–H and O–H groups in total. The van der Waals surface area contributed by atoms with Gasteiger partial charge in [0.2, 0.25) is 0 Å². The molecular formula is C3H9AsO2. The van der Waals surface area contributed by atoms with Gasteiger partial charge in [0.05, 0.1) is 0 Å². The molecule has 0 saturated heterocycles. The minimum atomic E-state index is 0.108. The van der Waals surface area contributed by atoms with Gasteiger partial charge in [0.1, 0.15) is 0 Å². The predicted molar refractivity (Wildman–Crippen MR) is 26.5 cm³/mol. The molecule has 0 aliphatic heterocycles. The summed E-state index contributed by atoms with van der Waals surface area (Å²) in [5, 5.41) is 16.4. The van der Waals surface area contributed by atoms with Crippen LogP contribution in [0.1, 0.15) is 0 Å². The van der Waals surface area contributed by atoms with Gasteiger partial charge in [0.25, 0.3) is 0 Å². The van der Waals surface area contributed by atoms with E-state index in [0.717, 1.165) is 0 Å². The molecule has 0 aromatic heterocycles. The molecule has 0 rings (SSSR count). The first-order chi connectivity index (χ1) is 2.81. The molecule has 3 heteroatoms. The van der Waals surface area contributed by atoms with Gasteiger partial charge < -0.3 is 0 Å². The summed E-state index contributed by atoms with van der Waals surface area (Å²) in [6, 6.07) is 0. The first-order valence-electron chi connectivity index (χ1n) is 1.78. The van der Waals surface area contributed by atoms with E-state index in [1.165, 1.54) is 16.9 Å². The van der Waals surface area contributed by atoms with E-state index < -0.39 is 0 Å². The molecule has 38 valence electrons. The van der Waals surface area contributed by atoms with Crippen molar-refractivity contribution in [1.29, 1.82) is 0 Å². The molecule has 2 nitrogen and oxygen atoms in total. The fourth-order valence-electron chi connectivity index (χ4n) is 0.0577. The Kier molecular flexibility index (Phi) is 3.95. The molecule has 1 unspecified atom stereocenters. The molecule has 0 saturated carbocycles. The van der Waals surface area contributed by atoms with Gasteiger partial charge in [0, 0.05) is 0 Å². The van der Waals surface area contributed by atoms with Crippen LogP contribution in [0.25, 0.3) is 0 Å². The van der Waals surface area contributed by atoms with Gasteiger partial charge in [-0.05, 0) is 0 Å². The normalized spacial score (nSPS) is 10.0. The maximum absolute atomic E-state index is 8.19. The Hall–Kier alpha value is 0.478. The average Bonchev–Trinajstić information content (AvgIpc) is 1.65. The van der Waals surface area contributed by atoms with E-state index in [4.69, 9.17) is 10.2 Å². The number of rotatable bonds is 2. The van der Waals surface area contributed by atoms with E-state index in [1.807, 2.05) is 0 Å². The van der Waals surface area contributed by atoms with Crippen LogP contribution < -0.4 is 0 Å². The molecule has 0 aliphatic carbocycles. The third kappa shape index (κ3) is 2.70. The van der Waals surface area contributed by atoms with Crippen molar-refractivity contribution >= 4 is 16.9 Å². The second-order valence-electron chi connectivity index (χ2n) is 1.13. The van der Waals surface area contributed by atoms with Crippen LogP contribution in [-0.2, 0) is 0 Å². The van der Waals surface area contributed by atoms with Gasteiger partial charge in [-0.25, -0.2) is 0 Å². The molecule has 0 heterocycles. The van der Waals surface area contributed by atoms with E-state index in [9.17, 15) is 0 Å². The van der Waals surface area contributed by atoms with Crippen LogP contribution in [0.3, 0.4) is 0 Å². The van der Waals surface area contributed by atoms with Gasteiger partial charge in [-0.2, -0.15) is 0 Å². The zero-order valence-electron chi connectivity index (χ0n) is 3.46. The standard InChI is InChI=1S/C3H9AsO2/c4-3(1-5)2-6/h3,5-6H,1-2,4H2.